The molecule has 0 radical (unpaired) electrons. The molecule has 0 saturated heterocycles. The number of imidazole rings is 1. The van der Waals surface area contributed by atoms with E-state index >= 15 is 0 Å². The van der Waals surface area contributed by atoms with E-state index in [1.165, 1.54) is 17.8 Å². The highest BCUT2D eigenvalue weighted by Crippen LogP contribution is 2.65. The van der Waals surface area contributed by atoms with E-state index < -0.39 is 11.6 Å². The van der Waals surface area contributed by atoms with Crippen LogP contribution in [-0.2, 0) is 12.0 Å². The second kappa shape index (κ2) is 3.09. The molecule has 1 saturated carbocycles. The summed E-state index contributed by atoms with van der Waals surface area (Å²) in [4.78, 5) is 3.03. The van der Waals surface area contributed by atoms with Gasteiger partial charge in [-0.3, -0.25) is 0 Å². The zero-order chi connectivity index (χ0) is 12.5. The van der Waals surface area contributed by atoms with Crippen molar-refractivity contribution < 1.29 is 8.78 Å². The minimum Gasteiger partial charge on any atom is -0.337 e. The first-order chi connectivity index (χ1) is 8.62. The number of hydrogen-bond acceptors (Lipinski definition) is 1. The van der Waals surface area contributed by atoms with Crippen LogP contribution in [0, 0.1) is 16.4 Å². The van der Waals surface area contributed by atoms with Crippen molar-refractivity contribution in [3.05, 3.63) is 52.1 Å². The number of nitrogens with zero attached hydrogens (tertiary/aromatic N) is 1. The van der Waals surface area contributed by atoms with Gasteiger partial charge in [0.2, 0.25) is 0 Å². The highest BCUT2D eigenvalue weighted by molar-refractivity contribution is 7.71. The third-order valence-corrected chi connectivity index (χ3v) is 4.61. The molecule has 1 aliphatic carbocycles. The van der Waals surface area contributed by atoms with Crippen LogP contribution in [-0.4, -0.2) is 9.55 Å². The van der Waals surface area contributed by atoms with E-state index in [0.29, 0.717) is 10.7 Å². The summed E-state index contributed by atoms with van der Waals surface area (Å²) in [5.74, 6) is -1.17. The third-order valence-electron chi connectivity index (χ3n) is 4.27. The van der Waals surface area contributed by atoms with Gasteiger partial charge in [-0.05, 0) is 36.3 Å². The van der Waals surface area contributed by atoms with Gasteiger partial charge in [0.05, 0.1) is 0 Å². The minimum absolute atomic E-state index is 0.0630. The van der Waals surface area contributed by atoms with Crippen LogP contribution in [0.25, 0.3) is 0 Å². The largest absolute Gasteiger partial charge is 0.337 e. The molecule has 92 valence electrons. The first kappa shape index (κ1) is 10.4. The summed E-state index contributed by atoms with van der Waals surface area (Å²) in [6.07, 6.45) is 2.92. The fourth-order valence-corrected chi connectivity index (χ4v) is 3.46. The predicted molar refractivity (Wildman–Crippen MR) is 65.0 cm³/mol. The molecule has 1 aliphatic heterocycles. The predicted octanol–water partition coefficient (Wildman–Crippen LogP) is 3.26. The van der Waals surface area contributed by atoms with Gasteiger partial charge in [0.1, 0.15) is 0 Å². The lowest BCUT2D eigenvalue weighted by molar-refractivity contribution is 0.500. The van der Waals surface area contributed by atoms with Crippen molar-refractivity contribution in [2.75, 3.05) is 0 Å². The van der Waals surface area contributed by atoms with Crippen LogP contribution >= 0.6 is 12.2 Å². The normalized spacial score (nSPS) is 28.0. The Morgan fingerprint density at radius 1 is 1.33 bits per heavy atom. The van der Waals surface area contributed by atoms with Gasteiger partial charge in [-0.2, -0.15) is 0 Å². The van der Waals surface area contributed by atoms with E-state index in [2.05, 4.69) is 9.55 Å². The average Bonchev–Trinajstić information content (AvgIpc) is 2.83. The molecule has 2 aliphatic rings. The van der Waals surface area contributed by atoms with E-state index in [9.17, 15) is 8.78 Å². The van der Waals surface area contributed by atoms with Gasteiger partial charge >= 0.3 is 0 Å². The van der Waals surface area contributed by atoms with Gasteiger partial charge < -0.3 is 9.55 Å². The van der Waals surface area contributed by atoms with Crippen LogP contribution in [0.5, 0.6) is 0 Å². The molecule has 0 amide bonds. The van der Waals surface area contributed by atoms with Crippen LogP contribution in [0.3, 0.4) is 0 Å². The molecule has 1 fully saturated rings. The van der Waals surface area contributed by atoms with Crippen molar-refractivity contribution in [2.45, 2.75) is 24.3 Å². The number of nitrogens with one attached hydrogen (secondary N) is 1. The Balaban J connectivity index is 1.81. The minimum atomic E-state index is -0.790. The van der Waals surface area contributed by atoms with Crippen LogP contribution in [0.1, 0.15) is 23.6 Å². The molecule has 2 aromatic rings. The molecule has 5 heteroatoms. The second-order valence-electron chi connectivity index (χ2n) is 5.15. The van der Waals surface area contributed by atoms with Crippen molar-refractivity contribution >= 4 is 12.2 Å². The molecule has 1 aromatic heterocycles. The van der Waals surface area contributed by atoms with Crippen molar-refractivity contribution in [1.82, 2.24) is 9.55 Å². The molecule has 1 N–H and O–H groups in total. The van der Waals surface area contributed by atoms with Gasteiger partial charge in [0, 0.05) is 29.8 Å². The van der Waals surface area contributed by atoms with Crippen molar-refractivity contribution in [3.8, 4) is 0 Å². The van der Waals surface area contributed by atoms with Crippen molar-refractivity contribution in [3.63, 3.8) is 0 Å². The van der Waals surface area contributed by atoms with E-state index in [1.54, 1.807) is 6.07 Å². The summed E-state index contributed by atoms with van der Waals surface area (Å²) in [6.45, 7) is 0.764. The summed E-state index contributed by atoms with van der Waals surface area (Å²) in [5.41, 5.74) is 2.00. The SMILES string of the molecule is Fc1ccc([C@]23CC2c2c[nH]c(=S)n2C3)cc1F. The molecular formula is C13H10F2N2S. The quantitative estimate of drug-likeness (QED) is 0.784. The maximum absolute atomic E-state index is 13.3. The summed E-state index contributed by atoms with van der Waals surface area (Å²) >= 11 is 5.20. The lowest BCUT2D eigenvalue weighted by Gasteiger charge is -2.13. The smallest absolute Gasteiger partial charge is 0.177 e. The van der Waals surface area contributed by atoms with Crippen molar-refractivity contribution in [1.29, 1.82) is 0 Å². The van der Waals surface area contributed by atoms with E-state index in [1.807, 2.05) is 6.20 Å². The lowest BCUT2D eigenvalue weighted by atomic mass is 9.94. The Labute approximate surface area is 107 Å². The standard InChI is InChI=1S/C13H10F2N2S/c14-9-2-1-7(3-10(9)15)13-4-8(13)11-5-16-12(18)17(11)6-13/h1-3,5,8H,4,6H2,(H,16,18)/t8?,13-/m1/s1. The number of halogens is 2. The highest BCUT2D eigenvalue weighted by atomic mass is 32.1. The van der Waals surface area contributed by atoms with E-state index in [4.69, 9.17) is 12.2 Å². The molecule has 1 aromatic carbocycles. The molecule has 4 rings (SSSR count). The number of aromatic nitrogens is 2. The number of rotatable bonds is 1. The van der Waals surface area contributed by atoms with Gasteiger partial charge in [-0.15, -0.1) is 0 Å². The fraction of sp³-hybridized carbons (Fsp3) is 0.308. The Kier molecular flexibility index (Phi) is 1.79. The maximum atomic E-state index is 13.3. The van der Waals surface area contributed by atoms with Crippen LogP contribution < -0.4 is 0 Å². The number of aromatic amines is 1. The zero-order valence-electron chi connectivity index (χ0n) is 9.41. The van der Waals surface area contributed by atoms with Gasteiger partial charge in [-0.1, -0.05) is 6.07 Å². The summed E-state index contributed by atoms with van der Waals surface area (Å²) < 4.78 is 29.1. The monoisotopic (exact) mass is 264 g/mol. The molecule has 2 nitrogen and oxygen atoms in total. The van der Waals surface area contributed by atoms with E-state index in [-0.39, 0.29) is 5.41 Å². The number of hydrogen-bond donors (Lipinski definition) is 1. The molecule has 2 atom stereocenters. The Hall–Kier alpha value is -1.49. The molecule has 1 unspecified atom stereocenters. The summed E-state index contributed by atoms with van der Waals surface area (Å²) in [6, 6.07) is 4.23. The van der Waals surface area contributed by atoms with Gasteiger partial charge in [0.25, 0.3) is 0 Å². The Morgan fingerprint density at radius 3 is 2.89 bits per heavy atom. The Bertz CT molecular complexity index is 718. The molecule has 18 heavy (non-hydrogen) atoms. The zero-order valence-corrected chi connectivity index (χ0v) is 10.2. The topological polar surface area (TPSA) is 20.7 Å². The Morgan fingerprint density at radius 2 is 2.17 bits per heavy atom. The lowest BCUT2D eigenvalue weighted by Crippen LogP contribution is -2.13. The highest BCUT2D eigenvalue weighted by Gasteiger charge is 2.61. The van der Waals surface area contributed by atoms with E-state index in [0.717, 1.165) is 18.5 Å². The summed E-state index contributed by atoms with van der Waals surface area (Å²) in [7, 11) is 0. The first-order valence-corrected chi connectivity index (χ1v) is 6.26. The molecule has 0 spiro atoms. The van der Waals surface area contributed by atoms with Gasteiger partial charge in [-0.25, -0.2) is 8.78 Å². The second-order valence-corrected chi connectivity index (χ2v) is 5.53. The summed E-state index contributed by atoms with van der Waals surface area (Å²) in [5, 5.41) is 0. The third kappa shape index (κ3) is 1.13. The van der Waals surface area contributed by atoms with Gasteiger partial charge in [0.15, 0.2) is 16.4 Å². The fourth-order valence-electron chi connectivity index (χ4n) is 3.23. The van der Waals surface area contributed by atoms with Crippen LogP contribution in [0.15, 0.2) is 24.4 Å². The van der Waals surface area contributed by atoms with Crippen LogP contribution in [0.2, 0.25) is 0 Å². The average molecular weight is 264 g/mol. The number of H-pyrrole nitrogens is 1. The molecule has 2 heterocycles. The number of benzene rings is 1. The first-order valence-electron chi connectivity index (χ1n) is 5.85. The molecule has 0 bridgehead atoms. The molecular weight excluding hydrogens is 254 g/mol. The number of fused-ring (bicyclic) bond motifs is 3. The maximum Gasteiger partial charge on any atom is 0.177 e. The van der Waals surface area contributed by atoms with Crippen molar-refractivity contribution in [2.24, 2.45) is 0 Å². The van der Waals surface area contributed by atoms with Crippen LogP contribution in [0.4, 0.5) is 8.78 Å².